The van der Waals surface area contributed by atoms with E-state index >= 15 is 0 Å². The molecule has 0 atom stereocenters. The van der Waals surface area contributed by atoms with Crippen molar-refractivity contribution in [2.75, 3.05) is 0 Å². The third kappa shape index (κ3) is 4.64. The average Bonchev–Trinajstić information content (AvgIpc) is 3.19. The van der Waals surface area contributed by atoms with Gasteiger partial charge in [-0.25, -0.2) is 0 Å². The lowest BCUT2D eigenvalue weighted by atomic mass is 10.2. The van der Waals surface area contributed by atoms with Crippen molar-refractivity contribution in [3.63, 3.8) is 0 Å². The standard InChI is InChI=1S/C23H20N4O2S/c28-22(21-15-26-23(30)27(21)19-7-2-1-3-8-19)25-14-17-9-11-20(12-10-17)29-16-18-6-4-5-13-24-18/h1-13,15H,14,16H2,(H,25,28)(H,26,30). The number of pyridine rings is 1. The molecule has 0 saturated carbocycles. The van der Waals surface area contributed by atoms with Crippen LogP contribution in [0.2, 0.25) is 0 Å². The molecule has 2 heterocycles. The highest BCUT2D eigenvalue weighted by atomic mass is 32.1. The van der Waals surface area contributed by atoms with Gasteiger partial charge in [0.1, 0.15) is 18.1 Å². The second kappa shape index (κ2) is 9.19. The van der Waals surface area contributed by atoms with Gasteiger partial charge in [0.05, 0.1) is 5.69 Å². The second-order valence-electron chi connectivity index (χ2n) is 6.59. The summed E-state index contributed by atoms with van der Waals surface area (Å²) in [5, 5.41) is 2.94. The van der Waals surface area contributed by atoms with Crippen molar-refractivity contribution in [1.82, 2.24) is 19.9 Å². The number of rotatable bonds is 7. The molecule has 30 heavy (non-hydrogen) atoms. The zero-order chi connectivity index (χ0) is 20.8. The first-order valence-corrected chi connectivity index (χ1v) is 9.87. The molecule has 4 aromatic rings. The van der Waals surface area contributed by atoms with E-state index in [1.54, 1.807) is 17.0 Å². The minimum atomic E-state index is -0.207. The third-order valence-corrected chi connectivity index (χ3v) is 4.81. The predicted molar refractivity (Wildman–Crippen MR) is 117 cm³/mol. The minimum Gasteiger partial charge on any atom is -0.487 e. The summed E-state index contributed by atoms with van der Waals surface area (Å²) in [4.78, 5) is 19.9. The first-order valence-electron chi connectivity index (χ1n) is 9.46. The number of H-pyrrole nitrogens is 1. The fraction of sp³-hybridized carbons (Fsp3) is 0.0870. The van der Waals surface area contributed by atoms with Gasteiger partial charge in [-0.3, -0.25) is 14.3 Å². The molecule has 1 amide bonds. The van der Waals surface area contributed by atoms with Crippen LogP contribution in [0.1, 0.15) is 21.7 Å². The van der Waals surface area contributed by atoms with Crippen LogP contribution in [-0.4, -0.2) is 20.4 Å². The number of amides is 1. The molecule has 150 valence electrons. The molecule has 0 aliphatic heterocycles. The molecule has 0 saturated heterocycles. The molecule has 0 fully saturated rings. The van der Waals surface area contributed by atoms with Gasteiger partial charge in [0.2, 0.25) is 0 Å². The number of para-hydroxylation sites is 1. The normalized spacial score (nSPS) is 10.5. The Hall–Kier alpha value is -3.71. The van der Waals surface area contributed by atoms with Crippen LogP contribution in [0.4, 0.5) is 0 Å². The van der Waals surface area contributed by atoms with Gasteiger partial charge in [0, 0.05) is 24.6 Å². The van der Waals surface area contributed by atoms with E-state index in [0.29, 0.717) is 23.6 Å². The van der Waals surface area contributed by atoms with Crippen molar-refractivity contribution in [1.29, 1.82) is 0 Å². The maximum Gasteiger partial charge on any atom is 0.270 e. The Morgan fingerprint density at radius 3 is 2.53 bits per heavy atom. The van der Waals surface area contributed by atoms with Crippen LogP contribution in [0.25, 0.3) is 5.69 Å². The quantitative estimate of drug-likeness (QED) is 0.437. The summed E-state index contributed by atoms with van der Waals surface area (Å²) in [6.07, 6.45) is 3.37. The van der Waals surface area contributed by atoms with Crippen LogP contribution in [-0.2, 0) is 13.2 Å². The van der Waals surface area contributed by atoms with E-state index in [1.807, 2.05) is 72.8 Å². The van der Waals surface area contributed by atoms with Crippen LogP contribution < -0.4 is 10.1 Å². The highest BCUT2D eigenvalue weighted by Gasteiger charge is 2.14. The second-order valence-corrected chi connectivity index (χ2v) is 6.97. The number of hydrogen-bond donors (Lipinski definition) is 2. The lowest BCUT2D eigenvalue weighted by Gasteiger charge is -2.10. The van der Waals surface area contributed by atoms with Crippen LogP contribution in [0.3, 0.4) is 0 Å². The molecule has 4 rings (SSSR count). The topological polar surface area (TPSA) is 71.9 Å². The van der Waals surface area contributed by atoms with Crippen molar-refractivity contribution in [3.05, 3.63) is 107 Å². The minimum absolute atomic E-state index is 0.207. The monoisotopic (exact) mass is 416 g/mol. The predicted octanol–water partition coefficient (Wildman–Crippen LogP) is 4.44. The summed E-state index contributed by atoms with van der Waals surface area (Å²) in [6, 6.07) is 22.9. The number of nitrogens with zero attached hydrogens (tertiary/aromatic N) is 2. The lowest BCUT2D eigenvalue weighted by molar-refractivity contribution is 0.0944. The molecule has 0 radical (unpaired) electrons. The van der Waals surface area contributed by atoms with E-state index in [1.165, 1.54) is 0 Å². The number of benzene rings is 2. The molecule has 0 aliphatic rings. The van der Waals surface area contributed by atoms with E-state index in [2.05, 4.69) is 15.3 Å². The molecule has 0 unspecified atom stereocenters. The van der Waals surface area contributed by atoms with Crippen molar-refractivity contribution in [3.8, 4) is 11.4 Å². The summed E-state index contributed by atoms with van der Waals surface area (Å²) >= 11 is 5.34. The van der Waals surface area contributed by atoms with E-state index in [0.717, 1.165) is 22.7 Å². The number of aromatic amines is 1. The molecule has 2 aromatic heterocycles. The Balaban J connectivity index is 1.37. The smallest absolute Gasteiger partial charge is 0.270 e. The molecule has 0 bridgehead atoms. The van der Waals surface area contributed by atoms with Crippen LogP contribution in [0.15, 0.2) is 85.2 Å². The Labute approximate surface area is 179 Å². The van der Waals surface area contributed by atoms with Crippen molar-refractivity contribution in [2.24, 2.45) is 0 Å². The Bertz CT molecular complexity index is 1170. The molecular formula is C23H20N4O2S. The molecule has 2 aromatic carbocycles. The molecule has 2 N–H and O–H groups in total. The zero-order valence-corrected chi connectivity index (χ0v) is 16.9. The van der Waals surface area contributed by atoms with Gasteiger partial charge in [-0.1, -0.05) is 36.4 Å². The van der Waals surface area contributed by atoms with Gasteiger partial charge in [0.25, 0.3) is 5.91 Å². The Morgan fingerprint density at radius 2 is 1.80 bits per heavy atom. The highest BCUT2D eigenvalue weighted by Crippen LogP contribution is 2.15. The Morgan fingerprint density at radius 1 is 1.03 bits per heavy atom. The van der Waals surface area contributed by atoms with Crippen LogP contribution in [0, 0.1) is 4.77 Å². The van der Waals surface area contributed by atoms with Crippen LogP contribution >= 0.6 is 12.2 Å². The molecule has 7 heteroatoms. The van der Waals surface area contributed by atoms with E-state index in [9.17, 15) is 4.79 Å². The van der Waals surface area contributed by atoms with E-state index in [-0.39, 0.29) is 5.91 Å². The SMILES string of the molecule is O=C(NCc1ccc(OCc2ccccn2)cc1)c1c[nH]c(=S)n1-c1ccccc1. The van der Waals surface area contributed by atoms with Crippen LogP contribution in [0.5, 0.6) is 5.75 Å². The van der Waals surface area contributed by atoms with E-state index < -0.39 is 0 Å². The third-order valence-electron chi connectivity index (χ3n) is 4.51. The number of carbonyl (C=O) groups is 1. The van der Waals surface area contributed by atoms with Gasteiger partial charge in [0.15, 0.2) is 4.77 Å². The lowest BCUT2D eigenvalue weighted by Crippen LogP contribution is -2.25. The van der Waals surface area contributed by atoms with Gasteiger partial charge in [-0.15, -0.1) is 0 Å². The zero-order valence-electron chi connectivity index (χ0n) is 16.1. The maximum atomic E-state index is 12.7. The molecule has 0 aliphatic carbocycles. The first-order chi connectivity index (χ1) is 14.7. The molecular weight excluding hydrogens is 396 g/mol. The number of aromatic nitrogens is 3. The first kappa shape index (κ1) is 19.6. The number of imidazole rings is 1. The summed E-state index contributed by atoms with van der Waals surface area (Å²) in [7, 11) is 0. The highest BCUT2D eigenvalue weighted by molar-refractivity contribution is 7.71. The number of ether oxygens (including phenoxy) is 1. The van der Waals surface area contributed by atoms with Crippen molar-refractivity contribution in [2.45, 2.75) is 13.2 Å². The Kier molecular flexibility index (Phi) is 6.01. The summed E-state index contributed by atoms with van der Waals surface area (Å²) in [6.45, 7) is 0.805. The van der Waals surface area contributed by atoms with Gasteiger partial charge in [-0.05, 0) is 54.2 Å². The fourth-order valence-electron chi connectivity index (χ4n) is 2.99. The summed E-state index contributed by atoms with van der Waals surface area (Å²) in [5.41, 5.74) is 3.13. The maximum absolute atomic E-state index is 12.7. The number of carbonyl (C=O) groups excluding carboxylic acids is 1. The van der Waals surface area contributed by atoms with Gasteiger partial charge < -0.3 is 15.0 Å². The fourth-order valence-corrected chi connectivity index (χ4v) is 3.25. The summed E-state index contributed by atoms with van der Waals surface area (Å²) in [5.74, 6) is 0.542. The van der Waals surface area contributed by atoms with Crippen molar-refractivity contribution >= 4 is 18.1 Å². The number of hydrogen-bond acceptors (Lipinski definition) is 4. The average molecular weight is 417 g/mol. The van der Waals surface area contributed by atoms with Crippen molar-refractivity contribution < 1.29 is 9.53 Å². The molecule has 0 spiro atoms. The van der Waals surface area contributed by atoms with Gasteiger partial charge in [-0.2, -0.15) is 0 Å². The largest absolute Gasteiger partial charge is 0.487 e. The van der Waals surface area contributed by atoms with E-state index in [4.69, 9.17) is 17.0 Å². The summed E-state index contributed by atoms with van der Waals surface area (Å²) < 4.78 is 7.93. The van der Waals surface area contributed by atoms with Gasteiger partial charge >= 0.3 is 0 Å². The molecule has 6 nitrogen and oxygen atoms in total. The number of nitrogens with one attached hydrogen (secondary N) is 2.